The number of pyridine rings is 1. The van der Waals surface area contributed by atoms with Gasteiger partial charge in [-0.05, 0) is 39.3 Å². The van der Waals surface area contributed by atoms with Crippen LogP contribution < -0.4 is 5.32 Å². The van der Waals surface area contributed by atoms with Crippen molar-refractivity contribution in [3.8, 4) is 0 Å². The zero-order chi connectivity index (χ0) is 15.5. The van der Waals surface area contributed by atoms with E-state index in [-0.39, 0.29) is 11.4 Å². The van der Waals surface area contributed by atoms with E-state index in [0.29, 0.717) is 25.3 Å². The van der Waals surface area contributed by atoms with E-state index >= 15 is 0 Å². The monoisotopic (exact) mass is 291 g/mol. The van der Waals surface area contributed by atoms with Crippen molar-refractivity contribution in [3.05, 3.63) is 23.4 Å². The molecule has 1 aliphatic heterocycles. The van der Waals surface area contributed by atoms with E-state index in [1.165, 1.54) is 0 Å². The fraction of sp³-hybridized carbons (Fsp3) is 0.625. The summed E-state index contributed by atoms with van der Waals surface area (Å²) in [6.07, 6.45) is 0.812. The minimum absolute atomic E-state index is 0.0551. The van der Waals surface area contributed by atoms with Gasteiger partial charge in [0.1, 0.15) is 5.82 Å². The van der Waals surface area contributed by atoms with Crippen molar-refractivity contribution in [2.45, 2.75) is 39.7 Å². The molecule has 0 atom stereocenters. The number of aryl methyl sites for hydroxylation is 1. The van der Waals surface area contributed by atoms with Crippen molar-refractivity contribution >= 4 is 11.7 Å². The Morgan fingerprint density at radius 3 is 2.81 bits per heavy atom. The van der Waals surface area contributed by atoms with E-state index in [4.69, 9.17) is 4.74 Å². The molecule has 1 aromatic rings. The fourth-order valence-electron chi connectivity index (χ4n) is 2.55. The maximum Gasteiger partial charge on any atom is 0.254 e. The topological polar surface area (TPSA) is 54.5 Å². The van der Waals surface area contributed by atoms with Crippen LogP contribution in [0.1, 0.15) is 43.7 Å². The van der Waals surface area contributed by atoms with Crippen LogP contribution in [0.25, 0.3) is 0 Å². The lowest BCUT2D eigenvalue weighted by Crippen LogP contribution is -2.55. The van der Waals surface area contributed by atoms with Crippen LogP contribution in [0.4, 0.5) is 5.82 Å². The van der Waals surface area contributed by atoms with Gasteiger partial charge in [-0.15, -0.1) is 0 Å². The molecule has 0 aromatic carbocycles. The van der Waals surface area contributed by atoms with Crippen molar-refractivity contribution in [3.63, 3.8) is 0 Å². The highest BCUT2D eigenvalue weighted by Gasteiger charge is 2.34. The van der Waals surface area contributed by atoms with Gasteiger partial charge in [0.2, 0.25) is 0 Å². The van der Waals surface area contributed by atoms with E-state index in [0.717, 1.165) is 24.5 Å². The molecule has 0 radical (unpaired) electrons. The summed E-state index contributed by atoms with van der Waals surface area (Å²) in [5, 5.41) is 3.19. The van der Waals surface area contributed by atoms with Crippen molar-refractivity contribution in [1.82, 2.24) is 9.88 Å². The molecule has 1 N–H and O–H groups in total. The summed E-state index contributed by atoms with van der Waals surface area (Å²) in [4.78, 5) is 19.3. The molecular formula is C16H25N3O2. The van der Waals surface area contributed by atoms with Gasteiger partial charge in [-0.2, -0.15) is 0 Å². The quantitative estimate of drug-likeness (QED) is 0.925. The lowest BCUT2D eigenvalue weighted by molar-refractivity contribution is -0.0370. The van der Waals surface area contributed by atoms with Crippen LogP contribution in [-0.4, -0.2) is 47.6 Å². The van der Waals surface area contributed by atoms with E-state index in [2.05, 4.69) is 10.3 Å². The summed E-state index contributed by atoms with van der Waals surface area (Å²) in [5.74, 6) is 0.825. The average Bonchev–Trinajstić information content (AvgIpc) is 2.46. The van der Waals surface area contributed by atoms with Crippen molar-refractivity contribution in [2.24, 2.45) is 0 Å². The first-order valence-electron chi connectivity index (χ1n) is 7.62. The summed E-state index contributed by atoms with van der Waals surface area (Å²) in [6, 6.07) is 3.74. The first-order valence-corrected chi connectivity index (χ1v) is 7.62. The van der Waals surface area contributed by atoms with Crippen LogP contribution in [0.15, 0.2) is 12.1 Å². The maximum atomic E-state index is 12.9. The van der Waals surface area contributed by atoms with Gasteiger partial charge in [-0.3, -0.25) is 4.79 Å². The molecule has 1 saturated heterocycles. The summed E-state index contributed by atoms with van der Waals surface area (Å²) >= 11 is 0. The summed E-state index contributed by atoms with van der Waals surface area (Å²) in [5.41, 5.74) is 1.36. The number of carbonyl (C=O) groups excluding carboxylic acids is 1. The Kier molecular flexibility index (Phi) is 4.83. The van der Waals surface area contributed by atoms with Gasteiger partial charge < -0.3 is 15.0 Å². The number of nitrogens with zero attached hydrogens (tertiary/aromatic N) is 2. The molecular weight excluding hydrogens is 266 g/mol. The molecule has 1 aliphatic rings. The van der Waals surface area contributed by atoms with Crippen LogP contribution in [-0.2, 0) is 11.2 Å². The van der Waals surface area contributed by atoms with Gasteiger partial charge in [0.05, 0.1) is 18.8 Å². The summed E-state index contributed by atoms with van der Waals surface area (Å²) < 4.78 is 5.49. The number of anilines is 1. The number of hydrogen-bond donors (Lipinski definition) is 1. The normalized spacial score (nSPS) is 17.6. The van der Waals surface area contributed by atoms with Crippen molar-refractivity contribution in [1.29, 1.82) is 0 Å². The molecule has 21 heavy (non-hydrogen) atoms. The lowest BCUT2D eigenvalue weighted by Gasteiger charge is -2.42. The SMILES string of the molecule is CCNc1cc(C(=O)N2CCOCC2(C)C)cc(CC)n1. The molecule has 0 bridgehead atoms. The van der Waals surface area contributed by atoms with E-state index in [1.807, 2.05) is 44.7 Å². The molecule has 2 rings (SSSR count). The molecule has 5 heteroatoms. The molecule has 2 heterocycles. The predicted molar refractivity (Wildman–Crippen MR) is 83.7 cm³/mol. The zero-order valence-electron chi connectivity index (χ0n) is 13.4. The second-order valence-electron chi connectivity index (χ2n) is 5.94. The second-order valence-corrected chi connectivity index (χ2v) is 5.94. The number of nitrogens with one attached hydrogen (secondary N) is 1. The third-order valence-corrected chi connectivity index (χ3v) is 3.74. The minimum Gasteiger partial charge on any atom is -0.377 e. The Morgan fingerprint density at radius 2 is 2.19 bits per heavy atom. The Labute approximate surface area is 126 Å². The van der Waals surface area contributed by atoms with Gasteiger partial charge in [-0.1, -0.05) is 6.92 Å². The van der Waals surface area contributed by atoms with E-state index < -0.39 is 0 Å². The predicted octanol–water partition coefficient (Wildman–Crippen LogP) is 2.33. The van der Waals surface area contributed by atoms with Gasteiger partial charge >= 0.3 is 0 Å². The van der Waals surface area contributed by atoms with Crippen LogP contribution in [0.2, 0.25) is 0 Å². The molecule has 1 amide bonds. The molecule has 1 aromatic heterocycles. The Bertz CT molecular complexity index is 514. The third kappa shape index (κ3) is 3.53. The number of ether oxygens (including phenoxy) is 1. The Balaban J connectivity index is 2.31. The largest absolute Gasteiger partial charge is 0.377 e. The number of rotatable bonds is 4. The summed E-state index contributed by atoms with van der Waals surface area (Å²) in [7, 11) is 0. The number of amides is 1. The standard InChI is InChI=1S/C16H25N3O2/c1-5-13-9-12(10-14(18-13)17-6-2)15(20)19-7-8-21-11-16(19,3)4/h9-10H,5-8,11H2,1-4H3,(H,17,18). The Hall–Kier alpha value is -1.62. The van der Waals surface area contributed by atoms with E-state index in [9.17, 15) is 4.79 Å². The first kappa shape index (κ1) is 15.8. The van der Waals surface area contributed by atoms with Crippen LogP contribution in [0.3, 0.4) is 0 Å². The fourth-order valence-corrected chi connectivity index (χ4v) is 2.55. The lowest BCUT2D eigenvalue weighted by atomic mass is 10.0. The highest BCUT2D eigenvalue weighted by atomic mass is 16.5. The van der Waals surface area contributed by atoms with Crippen LogP contribution in [0, 0.1) is 0 Å². The molecule has 1 fully saturated rings. The van der Waals surface area contributed by atoms with Crippen LogP contribution in [0.5, 0.6) is 0 Å². The smallest absolute Gasteiger partial charge is 0.254 e. The van der Waals surface area contributed by atoms with Crippen molar-refractivity contribution < 1.29 is 9.53 Å². The minimum atomic E-state index is -0.274. The third-order valence-electron chi connectivity index (χ3n) is 3.74. The second kappa shape index (κ2) is 6.43. The highest BCUT2D eigenvalue weighted by Crippen LogP contribution is 2.23. The van der Waals surface area contributed by atoms with Gasteiger partial charge in [0.15, 0.2) is 0 Å². The maximum absolute atomic E-state index is 12.9. The molecule has 0 unspecified atom stereocenters. The van der Waals surface area contributed by atoms with Gasteiger partial charge in [0.25, 0.3) is 5.91 Å². The van der Waals surface area contributed by atoms with Gasteiger partial charge in [-0.25, -0.2) is 4.98 Å². The van der Waals surface area contributed by atoms with Gasteiger partial charge in [0, 0.05) is 24.3 Å². The van der Waals surface area contributed by atoms with E-state index in [1.54, 1.807) is 0 Å². The molecule has 0 saturated carbocycles. The molecule has 116 valence electrons. The number of carbonyl (C=O) groups is 1. The highest BCUT2D eigenvalue weighted by molar-refractivity contribution is 5.95. The Morgan fingerprint density at radius 1 is 1.43 bits per heavy atom. The van der Waals surface area contributed by atoms with Crippen LogP contribution >= 0.6 is 0 Å². The molecule has 0 spiro atoms. The number of morpholine rings is 1. The number of aromatic nitrogens is 1. The zero-order valence-corrected chi connectivity index (χ0v) is 13.4. The molecule has 5 nitrogen and oxygen atoms in total. The summed E-state index contributed by atoms with van der Waals surface area (Å²) in [6.45, 7) is 10.7. The van der Waals surface area contributed by atoms with Crippen molar-refractivity contribution in [2.75, 3.05) is 31.6 Å². The molecule has 0 aliphatic carbocycles. The first-order chi connectivity index (χ1) is 9.97. The number of hydrogen-bond acceptors (Lipinski definition) is 4. The average molecular weight is 291 g/mol.